The number of hydrogen-bond donors (Lipinski definition) is 1. The molecule has 0 saturated carbocycles. The SMILES string of the molecule is CCCNC1CCN(CCC2=CCCC2)C(C)C1C. The highest BCUT2D eigenvalue weighted by Gasteiger charge is 2.31. The molecular weight excluding hydrogens is 232 g/mol. The van der Waals surface area contributed by atoms with Gasteiger partial charge in [-0.2, -0.15) is 0 Å². The maximum absolute atomic E-state index is 3.73. The van der Waals surface area contributed by atoms with Gasteiger partial charge in [0.15, 0.2) is 0 Å². The molecule has 1 aliphatic carbocycles. The highest BCUT2D eigenvalue weighted by atomic mass is 15.2. The van der Waals surface area contributed by atoms with Crippen LogP contribution in [0, 0.1) is 5.92 Å². The van der Waals surface area contributed by atoms with Crippen molar-refractivity contribution < 1.29 is 0 Å². The first-order chi connectivity index (χ1) is 9.22. The van der Waals surface area contributed by atoms with Crippen molar-refractivity contribution in [2.24, 2.45) is 5.92 Å². The summed E-state index contributed by atoms with van der Waals surface area (Å²) in [6.07, 6.45) is 10.4. The van der Waals surface area contributed by atoms with E-state index >= 15 is 0 Å². The molecule has 2 rings (SSSR count). The summed E-state index contributed by atoms with van der Waals surface area (Å²) in [4.78, 5) is 2.72. The second kappa shape index (κ2) is 7.44. The Balaban J connectivity index is 1.77. The van der Waals surface area contributed by atoms with Crippen LogP contribution in [0.25, 0.3) is 0 Å². The summed E-state index contributed by atoms with van der Waals surface area (Å²) in [7, 11) is 0. The van der Waals surface area contributed by atoms with Crippen LogP contribution in [0.4, 0.5) is 0 Å². The molecule has 2 nitrogen and oxygen atoms in total. The van der Waals surface area contributed by atoms with Gasteiger partial charge in [-0.1, -0.05) is 25.5 Å². The highest BCUT2D eigenvalue weighted by Crippen LogP contribution is 2.26. The van der Waals surface area contributed by atoms with E-state index in [2.05, 4.69) is 37.1 Å². The molecule has 0 amide bonds. The van der Waals surface area contributed by atoms with Gasteiger partial charge in [0.1, 0.15) is 0 Å². The van der Waals surface area contributed by atoms with Crippen LogP contribution in [0.15, 0.2) is 11.6 Å². The predicted molar refractivity (Wildman–Crippen MR) is 83.4 cm³/mol. The summed E-state index contributed by atoms with van der Waals surface area (Å²) < 4.78 is 0. The van der Waals surface area contributed by atoms with Crippen molar-refractivity contribution in [3.8, 4) is 0 Å². The fraction of sp³-hybridized carbons (Fsp3) is 0.882. The number of rotatable bonds is 6. The second-order valence-corrected chi connectivity index (χ2v) is 6.49. The maximum atomic E-state index is 3.73. The van der Waals surface area contributed by atoms with E-state index in [0.29, 0.717) is 0 Å². The largest absolute Gasteiger partial charge is 0.314 e. The van der Waals surface area contributed by atoms with Gasteiger partial charge < -0.3 is 5.32 Å². The van der Waals surface area contributed by atoms with Gasteiger partial charge in [-0.05, 0) is 64.5 Å². The van der Waals surface area contributed by atoms with Crippen molar-refractivity contribution in [3.63, 3.8) is 0 Å². The quantitative estimate of drug-likeness (QED) is 0.738. The average Bonchev–Trinajstić information content (AvgIpc) is 2.92. The van der Waals surface area contributed by atoms with Crippen molar-refractivity contribution in [2.75, 3.05) is 19.6 Å². The zero-order chi connectivity index (χ0) is 13.7. The lowest BCUT2D eigenvalue weighted by atomic mass is 9.86. The van der Waals surface area contributed by atoms with Crippen LogP contribution in [0.5, 0.6) is 0 Å². The van der Waals surface area contributed by atoms with Crippen LogP contribution in [-0.2, 0) is 0 Å². The van der Waals surface area contributed by atoms with Gasteiger partial charge >= 0.3 is 0 Å². The van der Waals surface area contributed by atoms with Crippen LogP contribution in [-0.4, -0.2) is 36.6 Å². The summed E-state index contributed by atoms with van der Waals surface area (Å²) in [5.41, 5.74) is 1.71. The smallest absolute Gasteiger partial charge is 0.0120 e. The van der Waals surface area contributed by atoms with Gasteiger partial charge in [0.25, 0.3) is 0 Å². The predicted octanol–water partition coefficient (Wildman–Crippen LogP) is 3.59. The minimum Gasteiger partial charge on any atom is -0.314 e. The Morgan fingerprint density at radius 1 is 1.37 bits per heavy atom. The molecule has 1 saturated heterocycles. The van der Waals surface area contributed by atoms with E-state index in [1.54, 1.807) is 5.57 Å². The molecule has 3 atom stereocenters. The Labute approximate surface area is 119 Å². The van der Waals surface area contributed by atoms with Crippen LogP contribution in [0.1, 0.15) is 59.3 Å². The summed E-state index contributed by atoms with van der Waals surface area (Å²) in [5, 5.41) is 3.73. The normalized spacial score (nSPS) is 32.6. The Hall–Kier alpha value is -0.340. The van der Waals surface area contributed by atoms with E-state index < -0.39 is 0 Å². The maximum Gasteiger partial charge on any atom is 0.0120 e. The minimum absolute atomic E-state index is 0.727. The first-order valence-electron chi connectivity index (χ1n) is 8.37. The number of piperidine rings is 1. The van der Waals surface area contributed by atoms with E-state index in [4.69, 9.17) is 0 Å². The highest BCUT2D eigenvalue weighted by molar-refractivity contribution is 5.08. The summed E-state index contributed by atoms with van der Waals surface area (Å²) in [5.74, 6) is 0.776. The summed E-state index contributed by atoms with van der Waals surface area (Å²) in [6, 6.07) is 1.46. The zero-order valence-electron chi connectivity index (χ0n) is 13.1. The molecule has 0 bridgehead atoms. The van der Waals surface area contributed by atoms with E-state index in [-0.39, 0.29) is 0 Å². The van der Waals surface area contributed by atoms with E-state index in [9.17, 15) is 0 Å². The fourth-order valence-electron chi connectivity index (χ4n) is 3.62. The number of nitrogens with one attached hydrogen (secondary N) is 1. The van der Waals surface area contributed by atoms with Crippen molar-refractivity contribution in [2.45, 2.75) is 71.4 Å². The summed E-state index contributed by atoms with van der Waals surface area (Å²) >= 11 is 0. The fourth-order valence-corrected chi connectivity index (χ4v) is 3.62. The van der Waals surface area contributed by atoms with Gasteiger partial charge in [-0.3, -0.25) is 4.90 Å². The van der Waals surface area contributed by atoms with E-state index in [0.717, 1.165) is 18.0 Å². The van der Waals surface area contributed by atoms with Crippen LogP contribution >= 0.6 is 0 Å². The number of nitrogens with zero attached hydrogens (tertiary/aromatic N) is 1. The van der Waals surface area contributed by atoms with Gasteiger partial charge in [-0.15, -0.1) is 0 Å². The van der Waals surface area contributed by atoms with E-state index in [1.807, 2.05) is 0 Å². The summed E-state index contributed by atoms with van der Waals surface area (Å²) in [6.45, 7) is 10.8. The van der Waals surface area contributed by atoms with Crippen LogP contribution in [0.3, 0.4) is 0 Å². The van der Waals surface area contributed by atoms with Gasteiger partial charge in [0.05, 0.1) is 0 Å². The minimum atomic E-state index is 0.727. The molecule has 2 aliphatic rings. The average molecular weight is 264 g/mol. The molecular formula is C17H32N2. The monoisotopic (exact) mass is 264 g/mol. The number of allylic oxidation sites excluding steroid dienone is 1. The van der Waals surface area contributed by atoms with Gasteiger partial charge in [0.2, 0.25) is 0 Å². The third-order valence-corrected chi connectivity index (χ3v) is 5.21. The Bertz CT molecular complexity index is 298. The first kappa shape index (κ1) is 15.1. The number of hydrogen-bond acceptors (Lipinski definition) is 2. The molecule has 0 spiro atoms. The zero-order valence-corrected chi connectivity index (χ0v) is 13.1. The lowest BCUT2D eigenvalue weighted by Crippen LogP contribution is -2.53. The third-order valence-electron chi connectivity index (χ3n) is 5.21. The molecule has 1 fully saturated rings. The lowest BCUT2D eigenvalue weighted by Gasteiger charge is -2.43. The Kier molecular flexibility index (Phi) is 5.90. The Morgan fingerprint density at radius 2 is 2.21 bits per heavy atom. The molecule has 2 heteroatoms. The lowest BCUT2D eigenvalue weighted by molar-refractivity contribution is 0.0860. The number of likely N-dealkylation sites (tertiary alicyclic amines) is 1. The molecule has 19 heavy (non-hydrogen) atoms. The second-order valence-electron chi connectivity index (χ2n) is 6.49. The van der Waals surface area contributed by atoms with Crippen molar-refractivity contribution in [1.82, 2.24) is 10.2 Å². The third kappa shape index (κ3) is 4.06. The Morgan fingerprint density at radius 3 is 2.89 bits per heavy atom. The molecule has 1 N–H and O–H groups in total. The van der Waals surface area contributed by atoms with E-state index in [1.165, 1.54) is 58.2 Å². The van der Waals surface area contributed by atoms with Crippen molar-refractivity contribution in [3.05, 3.63) is 11.6 Å². The molecule has 0 radical (unpaired) electrons. The molecule has 3 unspecified atom stereocenters. The molecule has 0 aromatic rings. The topological polar surface area (TPSA) is 15.3 Å². The molecule has 0 aromatic heterocycles. The molecule has 1 aliphatic heterocycles. The molecule has 110 valence electrons. The van der Waals surface area contributed by atoms with Gasteiger partial charge in [-0.25, -0.2) is 0 Å². The molecule has 0 aromatic carbocycles. The van der Waals surface area contributed by atoms with Crippen molar-refractivity contribution >= 4 is 0 Å². The first-order valence-corrected chi connectivity index (χ1v) is 8.37. The van der Waals surface area contributed by atoms with Crippen LogP contribution < -0.4 is 5.32 Å². The van der Waals surface area contributed by atoms with Crippen molar-refractivity contribution in [1.29, 1.82) is 0 Å². The molecule has 1 heterocycles. The van der Waals surface area contributed by atoms with Crippen LogP contribution in [0.2, 0.25) is 0 Å². The van der Waals surface area contributed by atoms with Gasteiger partial charge in [0, 0.05) is 18.6 Å². The standard InChI is InChI=1S/C17H32N2/c1-4-11-18-17-10-13-19(15(3)14(17)2)12-9-16-7-5-6-8-16/h7,14-15,17-18H,4-6,8-13H2,1-3H3.